The van der Waals surface area contributed by atoms with Crippen molar-refractivity contribution >= 4 is 12.4 Å². The predicted octanol–water partition coefficient (Wildman–Crippen LogP) is 3.46. The Morgan fingerprint density at radius 2 is 1.77 bits per heavy atom. The topological polar surface area (TPSA) is 6.02 Å². The summed E-state index contributed by atoms with van der Waals surface area (Å²) in [5, 5.41) is 0. The van der Waals surface area contributed by atoms with Gasteiger partial charge in [-0.05, 0) is 13.3 Å². The van der Waals surface area contributed by atoms with E-state index < -0.39 is 5.66 Å². The summed E-state index contributed by atoms with van der Waals surface area (Å²) in [6.07, 6.45) is 11.6. The minimum absolute atomic E-state index is 0.461. The number of allylic oxidation sites excluding steroid dienone is 2. The van der Waals surface area contributed by atoms with Crippen molar-refractivity contribution in [2.75, 3.05) is 0 Å². The van der Waals surface area contributed by atoms with E-state index in [4.69, 9.17) is 0 Å². The van der Waals surface area contributed by atoms with Gasteiger partial charge in [0.25, 0.3) is 0 Å². The average Bonchev–Trinajstić information content (AvgIpc) is 3.12. The average molecular weight is 286 g/mol. The largest absolute Gasteiger partial charge is 0.309 e. The highest BCUT2D eigenvalue weighted by Gasteiger charge is 2.55. The van der Waals surface area contributed by atoms with Crippen molar-refractivity contribution in [1.29, 1.82) is 0 Å². The van der Waals surface area contributed by atoms with Crippen molar-refractivity contribution in [1.82, 2.24) is 0 Å². The van der Waals surface area contributed by atoms with E-state index in [1.807, 2.05) is 18.5 Å². The van der Waals surface area contributed by atoms with Crippen LogP contribution in [0.3, 0.4) is 0 Å². The molecule has 1 aromatic carbocycles. The molecule has 2 nitrogen and oxygen atoms in total. The molecular formula is C20H18N2. The lowest BCUT2D eigenvalue weighted by molar-refractivity contribution is -0.767. The first kappa shape index (κ1) is 13.2. The van der Waals surface area contributed by atoms with Crippen molar-refractivity contribution < 1.29 is 9.15 Å². The van der Waals surface area contributed by atoms with Gasteiger partial charge in [-0.15, -0.1) is 12.1 Å². The summed E-state index contributed by atoms with van der Waals surface area (Å²) in [5.74, 6) is 0. The lowest BCUT2D eigenvalue weighted by Gasteiger charge is -2.31. The van der Waals surface area contributed by atoms with Crippen LogP contribution in [0.1, 0.15) is 31.4 Å². The van der Waals surface area contributed by atoms with E-state index in [1.165, 1.54) is 27.9 Å². The van der Waals surface area contributed by atoms with Crippen LogP contribution in [-0.2, 0) is 5.66 Å². The Balaban J connectivity index is 2.11. The summed E-state index contributed by atoms with van der Waals surface area (Å²) in [6, 6.07) is 8.39. The van der Waals surface area contributed by atoms with Gasteiger partial charge in [0.15, 0.2) is 6.21 Å². The van der Waals surface area contributed by atoms with Gasteiger partial charge in [0.05, 0.1) is 12.4 Å². The molecule has 1 spiro atoms. The molecule has 0 fully saturated rings. The zero-order chi connectivity index (χ0) is 15.5. The summed E-state index contributed by atoms with van der Waals surface area (Å²) < 4.78 is 4.14. The number of fused-ring (bicyclic) bond motifs is 3. The molecule has 0 saturated carbocycles. The van der Waals surface area contributed by atoms with Gasteiger partial charge < -0.3 is 0 Å². The predicted molar refractivity (Wildman–Crippen MR) is 88.2 cm³/mol. The smallest absolute Gasteiger partial charge is 0.259 e. The fourth-order valence-electron chi connectivity index (χ4n) is 3.92. The van der Waals surface area contributed by atoms with Crippen LogP contribution in [0.5, 0.6) is 0 Å². The minimum atomic E-state index is -0.461. The molecule has 22 heavy (non-hydrogen) atoms. The Morgan fingerprint density at radius 3 is 2.50 bits per heavy atom. The second-order valence-electron chi connectivity index (χ2n) is 5.98. The van der Waals surface area contributed by atoms with Gasteiger partial charge in [-0.3, -0.25) is 4.58 Å². The van der Waals surface area contributed by atoms with E-state index in [-0.39, 0.29) is 0 Å². The van der Waals surface area contributed by atoms with Gasteiger partial charge in [0, 0.05) is 11.1 Å². The minimum Gasteiger partial charge on any atom is -0.259 e. The summed E-state index contributed by atoms with van der Waals surface area (Å²) in [7, 11) is 0. The van der Waals surface area contributed by atoms with E-state index in [9.17, 15) is 0 Å². The first-order valence-corrected chi connectivity index (χ1v) is 7.51. The normalized spacial score (nSPS) is 25.4. The highest BCUT2D eigenvalue weighted by molar-refractivity contribution is 5.88. The second kappa shape index (κ2) is 4.26. The van der Waals surface area contributed by atoms with Gasteiger partial charge in [-0.2, -0.15) is 0 Å². The zero-order valence-corrected chi connectivity index (χ0v) is 13.0. The molecule has 2 heteroatoms. The summed E-state index contributed by atoms with van der Waals surface area (Å²) in [5.41, 5.74) is 7.16. The lowest BCUT2D eigenvalue weighted by atomic mass is 9.86. The molecule has 108 valence electrons. The van der Waals surface area contributed by atoms with Gasteiger partial charge in [-0.25, -0.2) is 4.58 Å². The molecule has 3 aliphatic rings. The maximum Gasteiger partial charge on any atom is 0.309 e. The number of hydrogen-bond acceptors (Lipinski definition) is 0. The van der Waals surface area contributed by atoms with Crippen molar-refractivity contribution in [3.8, 4) is 0 Å². The number of benzene rings is 1. The van der Waals surface area contributed by atoms with Gasteiger partial charge in [0.2, 0.25) is 0 Å². The molecule has 0 bridgehead atoms. The van der Waals surface area contributed by atoms with Crippen LogP contribution in [0.4, 0.5) is 0 Å². The Labute approximate surface area is 131 Å². The summed E-state index contributed by atoms with van der Waals surface area (Å²) in [6.45, 7) is 12.4. The fourth-order valence-corrected chi connectivity index (χ4v) is 3.92. The molecule has 1 unspecified atom stereocenters. The first-order chi connectivity index (χ1) is 10.6. The molecule has 0 amide bonds. The van der Waals surface area contributed by atoms with Crippen LogP contribution < -0.4 is 0 Å². The van der Waals surface area contributed by atoms with E-state index in [1.54, 1.807) is 0 Å². The maximum atomic E-state index is 4.01. The molecule has 1 aliphatic carbocycles. The van der Waals surface area contributed by atoms with E-state index >= 15 is 0 Å². The van der Waals surface area contributed by atoms with E-state index in [0.29, 0.717) is 0 Å². The van der Waals surface area contributed by atoms with Crippen LogP contribution in [-0.4, -0.2) is 21.6 Å². The van der Waals surface area contributed by atoms with Crippen molar-refractivity contribution in [2.45, 2.75) is 25.9 Å². The molecule has 0 aromatic heterocycles. The fraction of sp³-hybridized carbons (Fsp3) is 0.200. The van der Waals surface area contributed by atoms with E-state index in [0.717, 1.165) is 12.0 Å². The molecule has 4 rings (SSSR count). The van der Waals surface area contributed by atoms with Gasteiger partial charge >= 0.3 is 5.66 Å². The van der Waals surface area contributed by atoms with Crippen LogP contribution in [0.25, 0.3) is 0 Å². The summed E-state index contributed by atoms with van der Waals surface area (Å²) in [4.78, 5) is 0. The highest BCUT2D eigenvalue weighted by atomic mass is 15.3. The van der Waals surface area contributed by atoms with Crippen LogP contribution in [0, 0.1) is 0 Å². The molecule has 0 saturated heterocycles. The number of rotatable bonds is 2. The molecule has 2 aliphatic heterocycles. The standard InChI is InChI=1S/C20H18N2/c1-5-21-12-16-9-7-8-10-18(16)20(21)19-15(4)14(3)11-17(19)13-22(20)6-2/h5-10H,1-2,11H2,3-4H3. The van der Waals surface area contributed by atoms with Gasteiger partial charge in [-0.1, -0.05) is 54.5 Å². The zero-order valence-electron chi connectivity index (χ0n) is 13.0. The molecule has 1 atom stereocenters. The summed E-state index contributed by atoms with van der Waals surface area (Å²) >= 11 is 0. The Morgan fingerprint density at radius 1 is 1.09 bits per heavy atom. The van der Waals surface area contributed by atoms with Crippen molar-refractivity contribution in [2.24, 2.45) is 0 Å². The monoisotopic (exact) mass is 286 g/mol. The Hall–Kier alpha value is -2.48. The van der Waals surface area contributed by atoms with Gasteiger partial charge in [0.1, 0.15) is 6.21 Å². The third-order valence-electron chi connectivity index (χ3n) is 4.97. The van der Waals surface area contributed by atoms with Crippen molar-refractivity contribution in [3.63, 3.8) is 0 Å². The molecular weight excluding hydrogens is 268 g/mol. The Kier molecular flexibility index (Phi) is 2.56. The quantitative estimate of drug-likeness (QED) is 0.580. The number of nitrogens with zero attached hydrogens (tertiary/aromatic N) is 2. The lowest BCUT2D eigenvalue weighted by Crippen LogP contribution is -2.43. The van der Waals surface area contributed by atoms with Crippen LogP contribution in [0.2, 0.25) is 0 Å². The van der Waals surface area contributed by atoms with Crippen LogP contribution in [0.15, 0.2) is 72.1 Å². The van der Waals surface area contributed by atoms with Crippen LogP contribution >= 0.6 is 0 Å². The number of hydrogen-bond donors (Lipinski definition) is 0. The third-order valence-corrected chi connectivity index (χ3v) is 4.97. The SMILES string of the molecule is C=C[N+]1=[C-]C2=C(C(C)=C(C)C2)C12c1ccccc1[C-]=[N+]2C=C. The molecule has 2 heterocycles. The van der Waals surface area contributed by atoms with E-state index in [2.05, 4.69) is 66.8 Å². The van der Waals surface area contributed by atoms with Crippen molar-refractivity contribution in [3.05, 3.63) is 83.2 Å². The second-order valence-corrected chi connectivity index (χ2v) is 5.98. The molecule has 0 radical (unpaired) electrons. The molecule has 1 aromatic rings. The third kappa shape index (κ3) is 1.31. The Bertz CT molecular complexity index is 861. The first-order valence-electron chi connectivity index (χ1n) is 7.51. The molecule has 0 N–H and O–H groups in total. The highest BCUT2D eigenvalue weighted by Crippen LogP contribution is 2.51. The maximum absolute atomic E-state index is 4.01.